The summed E-state index contributed by atoms with van der Waals surface area (Å²) in [7, 11) is 0. The molecule has 2 aromatic carbocycles. The zero-order chi connectivity index (χ0) is 15.5. The Morgan fingerprint density at radius 2 is 1.95 bits per heavy atom. The molecule has 0 unspecified atom stereocenters. The van der Waals surface area contributed by atoms with Crippen LogP contribution in [-0.4, -0.2) is 12.4 Å². The van der Waals surface area contributed by atoms with E-state index in [2.05, 4.69) is 0 Å². The second-order valence-electron chi connectivity index (χ2n) is 5.74. The molecule has 22 heavy (non-hydrogen) atoms. The lowest BCUT2D eigenvalue weighted by atomic mass is 9.92. The fourth-order valence-electron chi connectivity index (χ4n) is 3.00. The predicted molar refractivity (Wildman–Crippen MR) is 85.3 cm³/mol. The Morgan fingerprint density at radius 3 is 2.68 bits per heavy atom. The average Bonchev–Trinajstić information content (AvgIpc) is 2.53. The van der Waals surface area contributed by atoms with Gasteiger partial charge in [0.15, 0.2) is 6.29 Å². The van der Waals surface area contributed by atoms with Gasteiger partial charge in [-0.05, 0) is 31.0 Å². The Labute approximate surface area is 130 Å². The molecule has 2 atom stereocenters. The van der Waals surface area contributed by atoms with Gasteiger partial charge in [-0.1, -0.05) is 36.4 Å². The number of fused-ring (bicyclic) bond motifs is 1. The summed E-state index contributed by atoms with van der Waals surface area (Å²) in [6, 6.07) is 13.8. The normalized spacial score (nSPS) is 20.3. The molecule has 0 fully saturated rings. The van der Waals surface area contributed by atoms with Crippen LogP contribution < -0.4 is 4.74 Å². The van der Waals surface area contributed by atoms with E-state index >= 15 is 0 Å². The molecule has 114 valence electrons. The highest BCUT2D eigenvalue weighted by molar-refractivity contribution is 5.81. The highest BCUT2D eigenvalue weighted by Crippen LogP contribution is 2.37. The second kappa shape index (κ2) is 6.32. The Bertz CT molecular complexity index is 664. The molecule has 3 heteroatoms. The van der Waals surface area contributed by atoms with Crippen molar-refractivity contribution in [2.75, 3.05) is 0 Å². The van der Waals surface area contributed by atoms with E-state index in [4.69, 9.17) is 9.47 Å². The van der Waals surface area contributed by atoms with Crippen molar-refractivity contribution in [3.8, 4) is 5.75 Å². The van der Waals surface area contributed by atoms with E-state index in [9.17, 15) is 4.79 Å². The van der Waals surface area contributed by atoms with Crippen LogP contribution in [0.4, 0.5) is 0 Å². The molecule has 0 aromatic heterocycles. The van der Waals surface area contributed by atoms with E-state index in [-0.39, 0.29) is 12.2 Å². The molecule has 0 N–H and O–H groups in total. The first kappa shape index (κ1) is 14.8. The molecule has 0 amide bonds. The lowest BCUT2D eigenvalue weighted by molar-refractivity contribution is -0.00557. The summed E-state index contributed by atoms with van der Waals surface area (Å²) in [6.45, 7) is 4.55. The van der Waals surface area contributed by atoms with Crippen LogP contribution in [0, 0.1) is 0 Å². The molecular formula is C19H20O3. The molecule has 1 heterocycles. The third-order valence-corrected chi connectivity index (χ3v) is 4.05. The number of hydrogen-bond acceptors (Lipinski definition) is 3. The third-order valence-electron chi connectivity index (χ3n) is 4.05. The van der Waals surface area contributed by atoms with Crippen molar-refractivity contribution < 1.29 is 14.3 Å². The van der Waals surface area contributed by atoms with E-state index in [1.54, 1.807) is 0 Å². The van der Waals surface area contributed by atoms with Crippen LogP contribution in [0.1, 0.15) is 47.0 Å². The minimum Gasteiger partial charge on any atom is -0.488 e. The predicted octanol–water partition coefficient (Wildman–Crippen LogP) is 4.10. The monoisotopic (exact) mass is 296 g/mol. The minimum absolute atomic E-state index is 0.0264. The van der Waals surface area contributed by atoms with Gasteiger partial charge in [0.1, 0.15) is 12.4 Å². The zero-order valence-corrected chi connectivity index (χ0v) is 12.9. The standard InChI is InChI=1S/C19H20O3/c1-13-10-18-17(14(2)22-13)9-8-16(11-20)19(18)21-12-15-6-4-3-5-7-15/h3-9,11,13-14H,10,12H2,1-2H3/t13-,14-/m0/s1. The molecule has 0 spiro atoms. The number of ether oxygens (including phenoxy) is 2. The fourth-order valence-corrected chi connectivity index (χ4v) is 3.00. The van der Waals surface area contributed by atoms with Crippen molar-refractivity contribution in [3.63, 3.8) is 0 Å². The van der Waals surface area contributed by atoms with Crippen LogP contribution >= 0.6 is 0 Å². The lowest BCUT2D eigenvalue weighted by Gasteiger charge is -2.30. The minimum atomic E-state index is 0.0264. The number of benzene rings is 2. The van der Waals surface area contributed by atoms with Crippen LogP contribution in [0.2, 0.25) is 0 Å². The first-order chi connectivity index (χ1) is 10.7. The Hall–Kier alpha value is -2.13. The summed E-state index contributed by atoms with van der Waals surface area (Å²) in [4.78, 5) is 11.4. The quantitative estimate of drug-likeness (QED) is 0.797. The van der Waals surface area contributed by atoms with Gasteiger partial charge in [0.25, 0.3) is 0 Å². The van der Waals surface area contributed by atoms with Gasteiger partial charge < -0.3 is 9.47 Å². The molecule has 0 bridgehead atoms. The Morgan fingerprint density at radius 1 is 1.18 bits per heavy atom. The van der Waals surface area contributed by atoms with E-state index < -0.39 is 0 Å². The Kier molecular flexibility index (Phi) is 4.25. The first-order valence-corrected chi connectivity index (χ1v) is 7.62. The van der Waals surface area contributed by atoms with Crippen molar-refractivity contribution in [2.24, 2.45) is 0 Å². The second-order valence-corrected chi connectivity index (χ2v) is 5.74. The number of aldehydes is 1. The summed E-state index contributed by atoms with van der Waals surface area (Å²) >= 11 is 0. The van der Waals surface area contributed by atoms with Gasteiger partial charge in [-0.2, -0.15) is 0 Å². The summed E-state index contributed by atoms with van der Waals surface area (Å²) in [5.41, 5.74) is 3.92. The molecule has 0 saturated carbocycles. The topological polar surface area (TPSA) is 35.5 Å². The molecule has 3 rings (SSSR count). The van der Waals surface area contributed by atoms with Crippen LogP contribution in [0.5, 0.6) is 5.75 Å². The molecule has 1 aliphatic heterocycles. The fraction of sp³-hybridized carbons (Fsp3) is 0.316. The number of carbonyl (C=O) groups excluding carboxylic acids is 1. The van der Waals surface area contributed by atoms with Crippen LogP contribution in [0.25, 0.3) is 0 Å². The van der Waals surface area contributed by atoms with Crippen molar-refractivity contribution in [1.29, 1.82) is 0 Å². The number of hydrogen-bond donors (Lipinski definition) is 0. The zero-order valence-electron chi connectivity index (χ0n) is 12.9. The molecule has 2 aromatic rings. The van der Waals surface area contributed by atoms with Gasteiger partial charge in [-0.15, -0.1) is 0 Å². The molecule has 0 aliphatic carbocycles. The van der Waals surface area contributed by atoms with Gasteiger partial charge >= 0.3 is 0 Å². The lowest BCUT2D eigenvalue weighted by Crippen LogP contribution is -2.23. The van der Waals surface area contributed by atoms with Crippen LogP contribution in [0.15, 0.2) is 42.5 Å². The summed E-state index contributed by atoms with van der Waals surface area (Å²) in [6.07, 6.45) is 1.79. The number of carbonyl (C=O) groups is 1. The van der Waals surface area contributed by atoms with E-state index in [0.717, 1.165) is 29.4 Å². The SMILES string of the molecule is C[C@@H]1O[C@@H](C)Cc2c1ccc(C=O)c2OCc1ccccc1. The van der Waals surface area contributed by atoms with E-state index in [1.165, 1.54) is 0 Å². The highest BCUT2D eigenvalue weighted by atomic mass is 16.5. The third kappa shape index (κ3) is 2.90. The first-order valence-electron chi connectivity index (χ1n) is 7.62. The van der Waals surface area contributed by atoms with Crippen molar-refractivity contribution in [3.05, 3.63) is 64.7 Å². The van der Waals surface area contributed by atoms with Crippen molar-refractivity contribution in [2.45, 2.75) is 39.1 Å². The van der Waals surface area contributed by atoms with Crippen molar-refractivity contribution >= 4 is 6.29 Å². The van der Waals surface area contributed by atoms with Gasteiger partial charge in [0, 0.05) is 12.0 Å². The maximum absolute atomic E-state index is 11.4. The van der Waals surface area contributed by atoms with Gasteiger partial charge in [-0.3, -0.25) is 4.79 Å². The van der Waals surface area contributed by atoms with Gasteiger partial charge in [0.2, 0.25) is 0 Å². The van der Waals surface area contributed by atoms with Crippen LogP contribution in [-0.2, 0) is 17.8 Å². The smallest absolute Gasteiger partial charge is 0.153 e. The van der Waals surface area contributed by atoms with Gasteiger partial charge in [0.05, 0.1) is 17.8 Å². The molecule has 0 radical (unpaired) electrons. The summed E-state index contributed by atoms with van der Waals surface area (Å²) < 4.78 is 11.9. The molecule has 3 nitrogen and oxygen atoms in total. The summed E-state index contributed by atoms with van der Waals surface area (Å²) in [5.74, 6) is 0.707. The van der Waals surface area contributed by atoms with E-state index in [0.29, 0.717) is 17.9 Å². The summed E-state index contributed by atoms with van der Waals surface area (Å²) in [5, 5.41) is 0. The molecule has 1 aliphatic rings. The highest BCUT2D eigenvalue weighted by Gasteiger charge is 2.26. The van der Waals surface area contributed by atoms with Crippen LogP contribution in [0.3, 0.4) is 0 Å². The largest absolute Gasteiger partial charge is 0.488 e. The Balaban J connectivity index is 1.94. The maximum atomic E-state index is 11.4. The van der Waals surface area contributed by atoms with Crippen molar-refractivity contribution in [1.82, 2.24) is 0 Å². The van der Waals surface area contributed by atoms with Gasteiger partial charge in [-0.25, -0.2) is 0 Å². The van der Waals surface area contributed by atoms with E-state index in [1.807, 2.05) is 56.3 Å². The molecular weight excluding hydrogens is 276 g/mol. The maximum Gasteiger partial charge on any atom is 0.153 e. The number of rotatable bonds is 4. The molecule has 0 saturated heterocycles. The average molecular weight is 296 g/mol.